The molecule has 162 valence electrons. The summed E-state index contributed by atoms with van der Waals surface area (Å²) in [5, 5.41) is 0.553. The van der Waals surface area contributed by atoms with E-state index in [0.717, 1.165) is 12.1 Å². The molecule has 1 aliphatic heterocycles. The van der Waals surface area contributed by atoms with E-state index in [1.54, 1.807) is 29.9 Å². The zero-order valence-electron chi connectivity index (χ0n) is 17.0. The Labute approximate surface area is 181 Å². The smallest absolute Gasteiger partial charge is 0.234 e. The molecule has 1 atom stereocenters. The van der Waals surface area contributed by atoms with Crippen LogP contribution in [0.25, 0.3) is 22.2 Å². The number of nitrogens with two attached hydrogens (primary N) is 1. The molecule has 0 radical (unpaired) electrons. The molecule has 2 aromatic heterocycles. The third kappa shape index (κ3) is 3.08. The molecule has 4 aromatic rings. The van der Waals surface area contributed by atoms with Crippen molar-refractivity contribution in [3.8, 4) is 11.1 Å². The van der Waals surface area contributed by atoms with Gasteiger partial charge in [-0.25, -0.2) is 23.1 Å². The summed E-state index contributed by atoms with van der Waals surface area (Å²) in [6.07, 6.45) is 3.50. The summed E-state index contributed by atoms with van der Waals surface area (Å²) in [5.74, 6) is -3.13. The van der Waals surface area contributed by atoms with Gasteiger partial charge in [0.1, 0.15) is 23.6 Å². The van der Waals surface area contributed by atoms with Gasteiger partial charge in [-0.05, 0) is 42.3 Å². The number of aryl methyl sites for hydroxylation is 1. The predicted molar refractivity (Wildman–Crippen MR) is 114 cm³/mol. The van der Waals surface area contributed by atoms with Gasteiger partial charge in [0.2, 0.25) is 5.91 Å². The minimum absolute atomic E-state index is 0.248. The first-order chi connectivity index (χ1) is 15.3. The van der Waals surface area contributed by atoms with Gasteiger partial charge < -0.3 is 15.2 Å². The van der Waals surface area contributed by atoms with E-state index in [1.165, 1.54) is 23.4 Å². The average molecular weight is 437 g/mol. The minimum Gasteiger partial charge on any atom is -0.383 e. The van der Waals surface area contributed by atoms with Crippen molar-refractivity contribution in [2.75, 3.05) is 17.2 Å². The second-order valence-electron chi connectivity index (χ2n) is 7.78. The van der Waals surface area contributed by atoms with Gasteiger partial charge in [-0.15, -0.1) is 0 Å². The number of halogens is 3. The molecule has 1 aliphatic rings. The van der Waals surface area contributed by atoms with E-state index in [1.807, 2.05) is 0 Å². The summed E-state index contributed by atoms with van der Waals surface area (Å²) in [7, 11) is 1.78. The predicted octanol–water partition coefficient (Wildman–Crippen LogP) is 4.16. The molecule has 0 bridgehead atoms. The lowest BCUT2D eigenvalue weighted by molar-refractivity contribution is -0.118. The van der Waals surface area contributed by atoms with Crippen LogP contribution in [0.5, 0.6) is 0 Å². The Morgan fingerprint density at radius 1 is 1.00 bits per heavy atom. The van der Waals surface area contributed by atoms with Gasteiger partial charge in [0.05, 0.1) is 11.3 Å². The Morgan fingerprint density at radius 2 is 1.81 bits per heavy atom. The van der Waals surface area contributed by atoms with Crippen molar-refractivity contribution in [1.29, 1.82) is 0 Å². The summed E-state index contributed by atoms with van der Waals surface area (Å²) >= 11 is 0. The normalized spacial score (nSPS) is 16.3. The molecular weight excluding hydrogens is 419 g/mol. The lowest BCUT2D eigenvalue weighted by Crippen LogP contribution is -2.26. The molecular formula is C23H18F3N5O. The van der Waals surface area contributed by atoms with E-state index in [2.05, 4.69) is 9.97 Å². The summed E-state index contributed by atoms with van der Waals surface area (Å²) in [6.45, 7) is 0.344. The second kappa shape index (κ2) is 7.37. The first-order valence-corrected chi connectivity index (χ1v) is 9.97. The highest BCUT2D eigenvalue weighted by molar-refractivity contribution is 6.02. The van der Waals surface area contributed by atoms with Crippen LogP contribution in [-0.2, 0) is 11.8 Å². The number of benzene rings is 2. The molecule has 1 fully saturated rings. The van der Waals surface area contributed by atoms with E-state index >= 15 is 4.39 Å². The van der Waals surface area contributed by atoms with Crippen molar-refractivity contribution in [2.45, 2.75) is 12.3 Å². The number of hydrogen-bond donors (Lipinski definition) is 1. The van der Waals surface area contributed by atoms with Crippen molar-refractivity contribution in [1.82, 2.24) is 14.5 Å². The van der Waals surface area contributed by atoms with Crippen LogP contribution in [0.2, 0.25) is 0 Å². The van der Waals surface area contributed by atoms with Gasteiger partial charge in [-0.3, -0.25) is 4.79 Å². The summed E-state index contributed by atoms with van der Waals surface area (Å²) in [6, 6.07) is 7.99. The Bertz CT molecular complexity index is 1380. The fourth-order valence-corrected chi connectivity index (χ4v) is 4.30. The zero-order chi connectivity index (χ0) is 22.6. The number of aromatic nitrogens is 3. The van der Waals surface area contributed by atoms with Crippen LogP contribution in [0.15, 0.2) is 48.9 Å². The maximum Gasteiger partial charge on any atom is 0.234 e. The van der Waals surface area contributed by atoms with Crippen molar-refractivity contribution in [3.63, 3.8) is 0 Å². The Morgan fingerprint density at radius 3 is 2.56 bits per heavy atom. The third-order valence-corrected chi connectivity index (χ3v) is 5.89. The molecule has 1 amide bonds. The number of carbonyl (C=O) groups is 1. The molecule has 0 aliphatic carbocycles. The molecule has 0 spiro atoms. The van der Waals surface area contributed by atoms with Gasteiger partial charge in [-0.1, -0.05) is 6.07 Å². The van der Waals surface area contributed by atoms with E-state index in [0.29, 0.717) is 46.4 Å². The SMILES string of the molecule is Cn1cc(-c2ccc(N3CCC(c4ccc(F)c(F)c4)C3=O)cc2F)c2c(N)ncnc21. The van der Waals surface area contributed by atoms with E-state index in [9.17, 15) is 13.6 Å². The first-order valence-electron chi connectivity index (χ1n) is 9.97. The highest BCUT2D eigenvalue weighted by Gasteiger charge is 2.34. The molecule has 2 N–H and O–H groups in total. The van der Waals surface area contributed by atoms with Crippen molar-refractivity contribution in [2.24, 2.45) is 7.05 Å². The highest BCUT2D eigenvalue weighted by atomic mass is 19.2. The summed E-state index contributed by atoms with van der Waals surface area (Å²) in [5.41, 5.74) is 8.25. The molecule has 32 heavy (non-hydrogen) atoms. The van der Waals surface area contributed by atoms with Crippen LogP contribution < -0.4 is 10.6 Å². The van der Waals surface area contributed by atoms with Gasteiger partial charge in [-0.2, -0.15) is 0 Å². The van der Waals surface area contributed by atoms with E-state index in [-0.39, 0.29) is 11.7 Å². The molecule has 6 nitrogen and oxygen atoms in total. The molecule has 2 aromatic carbocycles. The van der Waals surface area contributed by atoms with Crippen LogP contribution in [-0.4, -0.2) is 27.0 Å². The number of nitrogens with zero attached hydrogens (tertiary/aromatic N) is 4. The third-order valence-electron chi connectivity index (χ3n) is 5.89. The van der Waals surface area contributed by atoms with E-state index < -0.39 is 23.4 Å². The van der Waals surface area contributed by atoms with Crippen molar-refractivity contribution < 1.29 is 18.0 Å². The fraction of sp³-hybridized carbons (Fsp3) is 0.174. The number of fused-ring (bicyclic) bond motifs is 1. The molecule has 9 heteroatoms. The standard InChI is InChI=1S/C23H18F3N5O/c1-30-10-16(20-21(27)28-11-29-22(20)30)15-4-3-13(9-18(15)25)31-7-6-14(23(31)32)12-2-5-17(24)19(26)8-12/h2-5,8-11,14H,6-7H2,1H3,(H2,27,28,29). The molecule has 0 saturated carbocycles. The lowest BCUT2D eigenvalue weighted by Gasteiger charge is -2.18. The number of anilines is 2. The molecule has 1 saturated heterocycles. The first kappa shape index (κ1) is 20.0. The second-order valence-corrected chi connectivity index (χ2v) is 7.78. The van der Waals surface area contributed by atoms with Gasteiger partial charge >= 0.3 is 0 Å². The van der Waals surface area contributed by atoms with Crippen molar-refractivity contribution in [3.05, 3.63) is 71.9 Å². The molecule has 1 unspecified atom stereocenters. The maximum absolute atomic E-state index is 15.2. The molecule has 5 rings (SSSR count). The van der Waals surface area contributed by atoms with Crippen molar-refractivity contribution >= 4 is 28.4 Å². The topological polar surface area (TPSA) is 77.0 Å². The summed E-state index contributed by atoms with van der Waals surface area (Å²) in [4.78, 5) is 22.6. The van der Waals surface area contributed by atoms with E-state index in [4.69, 9.17) is 5.73 Å². The lowest BCUT2D eigenvalue weighted by atomic mass is 9.97. The summed E-state index contributed by atoms with van der Waals surface area (Å²) < 4.78 is 43.8. The largest absolute Gasteiger partial charge is 0.383 e. The molecule has 3 heterocycles. The fourth-order valence-electron chi connectivity index (χ4n) is 4.30. The number of nitrogen functional groups attached to an aromatic ring is 1. The van der Waals surface area contributed by atoms with Crippen LogP contribution in [0.1, 0.15) is 17.9 Å². The Hall–Kier alpha value is -3.88. The van der Waals surface area contributed by atoms with Crippen LogP contribution in [0, 0.1) is 17.5 Å². The van der Waals surface area contributed by atoms with Gasteiger partial charge in [0.15, 0.2) is 11.6 Å². The maximum atomic E-state index is 15.2. The number of amides is 1. The zero-order valence-corrected chi connectivity index (χ0v) is 17.0. The Balaban J connectivity index is 1.48. The van der Waals surface area contributed by atoms with Gasteiger partial charge in [0, 0.05) is 36.6 Å². The van der Waals surface area contributed by atoms with Crippen LogP contribution in [0.4, 0.5) is 24.7 Å². The Kier molecular flexibility index (Phi) is 4.61. The van der Waals surface area contributed by atoms with Crippen LogP contribution >= 0.6 is 0 Å². The average Bonchev–Trinajstić information content (AvgIpc) is 3.31. The minimum atomic E-state index is -0.998. The highest BCUT2D eigenvalue weighted by Crippen LogP contribution is 2.37. The monoisotopic (exact) mass is 437 g/mol. The number of carbonyl (C=O) groups excluding carboxylic acids is 1. The van der Waals surface area contributed by atoms with Gasteiger partial charge in [0.25, 0.3) is 0 Å². The number of hydrogen-bond acceptors (Lipinski definition) is 4. The van der Waals surface area contributed by atoms with Crippen LogP contribution in [0.3, 0.4) is 0 Å². The number of rotatable bonds is 3. The quantitative estimate of drug-likeness (QED) is 0.522.